The Morgan fingerprint density at radius 1 is 1.38 bits per heavy atom. The van der Waals surface area contributed by atoms with E-state index in [9.17, 15) is 0 Å². The standard InChI is InChI=1S/C10H13BrN2O2S/c1-14-8-4-7(11)9(15-2)3-6(8)5-16-10(12)13/h3-4H,5H2,1-2H3,(H3,12,13). The Balaban J connectivity index is 2.99. The van der Waals surface area contributed by atoms with Crippen LogP contribution in [0.1, 0.15) is 5.56 Å². The lowest BCUT2D eigenvalue weighted by Crippen LogP contribution is -2.04. The first-order chi connectivity index (χ1) is 7.58. The van der Waals surface area contributed by atoms with Crippen molar-refractivity contribution < 1.29 is 9.47 Å². The van der Waals surface area contributed by atoms with Gasteiger partial charge in [0.05, 0.1) is 18.7 Å². The second kappa shape index (κ2) is 6.00. The van der Waals surface area contributed by atoms with Crippen LogP contribution in [0.25, 0.3) is 0 Å². The minimum atomic E-state index is 0.0870. The quantitative estimate of drug-likeness (QED) is 0.663. The van der Waals surface area contributed by atoms with E-state index in [0.29, 0.717) is 5.75 Å². The van der Waals surface area contributed by atoms with Crippen LogP contribution in [0.5, 0.6) is 11.5 Å². The fourth-order valence-electron chi connectivity index (χ4n) is 1.19. The zero-order valence-corrected chi connectivity index (χ0v) is 11.4. The van der Waals surface area contributed by atoms with Crippen molar-refractivity contribution in [3.05, 3.63) is 22.2 Å². The van der Waals surface area contributed by atoms with Gasteiger partial charge in [-0.25, -0.2) is 0 Å². The first kappa shape index (κ1) is 13.2. The predicted octanol–water partition coefficient (Wildman–Crippen LogP) is 2.59. The van der Waals surface area contributed by atoms with Gasteiger partial charge in [0.2, 0.25) is 0 Å². The van der Waals surface area contributed by atoms with Gasteiger partial charge in [0.25, 0.3) is 0 Å². The zero-order chi connectivity index (χ0) is 12.1. The van der Waals surface area contributed by atoms with Crippen LogP contribution in [0, 0.1) is 5.41 Å². The molecule has 0 aliphatic carbocycles. The Morgan fingerprint density at radius 2 is 2.00 bits per heavy atom. The Bertz CT molecular complexity index is 399. The molecule has 0 aliphatic rings. The number of benzene rings is 1. The number of halogens is 1. The van der Waals surface area contributed by atoms with Crippen molar-refractivity contribution >= 4 is 32.9 Å². The van der Waals surface area contributed by atoms with E-state index in [1.54, 1.807) is 14.2 Å². The Hall–Kier alpha value is -0.880. The molecule has 0 saturated carbocycles. The lowest BCUT2D eigenvalue weighted by atomic mass is 10.2. The summed E-state index contributed by atoms with van der Waals surface area (Å²) >= 11 is 4.63. The molecule has 4 nitrogen and oxygen atoms in total. The van der Waals surface area contributed by atoms with Crippen LogP contribution in [0.3, 0.4) is 0 Å². The normalized spacial score (nSPS) is 9.94. The molecule has 0 bridgehead atoms. The van der Waals surface area contributed by atoms with E-state index in [0.717, 1.165) is 21.5 Å². The first-order valence-corrected chi connectivity index (χ1v) is 6.23. The molecule has 6 heteroatoms. The lowest BCUT2D eigenvalue weighted by Gasteiger charge is -2.11. The molecule has 0 heterocycles. The molecule has 0 atom stereocenters. The molecule has 3 N–H and O–H groups in total. The fraction of sp³-hybridized carbons (Fsp3) is 0.300. The van der Waals surface area contributed by atoms with E-state index in [-0.39, 0.29) is 5.17 Å². The summed E-state index contributed by atoms with van der Waals surface area (Å²) in [5.41, 5.74) is 6.24. The summed E-state index contributed by atoms with van der Waals surface area (Å²) in [6.07, 6.45) is 0. The third kappa shape index (κ3) is 3.31. The van der Waals surface area contributed by atoms with Crippen LogP contribution < -0.4 is 15.2 Å². The van der Waals surface area contributed by atoms with Crippen LogP contribution in [0.15, 0.2) is 16.6 Å². The molecule has 1 rings (SSSR count). The Kier molecular flexibility index (Phi) is 4.95. The van der Waals surface area contributed by atoms with Crippen molar-refractivity contribution in [3.8, 4) is 11.5 Å². The summed E-state index contributed by atoms with van der Waals surface area (Å²) in [5, 5.41) is 7.26. The average Bonchev–Trinajstić information content (AvgIpc) is 2.26. The molecule has 0 unspecified atom stereocenters. The Morgan fingerprint density at radius 3 is 2.50 bits per heavy atom. The molecule has 1 aromatic rings. The van der Waals surface area contributed by atoms with E-state index in [2.05, 4.69) is 15.9 Å². The average molecular weight is 305 g/mol. The van der Waals surface area contributed by atoms with Gasteiger partial charge < -0.3 is 15.2 Å². The highest BCUT2D eigenvalue weighted by Gasteiger charge is 2.09. The molecule has 0 amide bonds. The van der Waals surface area contributed by atoms with Gasteiger partial charge in [-0.2, -0.15) is 0 Å². The van der Waals surface area contributed by atoms with Crippen molar-refractivity contribution in [1.82, 2.24) is 0 Å². The highest BCUT2D eigenvalue weighted by molar-refractivity contribution is 9.10. The maximum Gasteiger partial charge on any atom is 0.151 e. The second-order valence-corrected chi connectivity index (χ2v) is 4.82. The summed E-state index contributed by atoms with van der Waals surface area (Å²) in [6.45, 7) is 0. The van der Waals surface area contributed by atoms with Gasteiger partial charge in [0, 0.05) is 11.3 Å². The van der Waals surface area contributed by atoms with Gasteiger partial charge in [-0.05, 0) is 28.1 Å². The van der Waals surface area contributed by atoms with Crippen molar-refractivity contribution in [2.45, 2.75) is 5.75 Å². The van der Waals surface area contributed by atoms with Gasteiger partial charge in [-0.1, -0.05) is 11.8 Å². The number of nitrogens with one attached hydrogen (secondary N) is 1. The van der Waals surface area contributed by atoms with E-state index >= 15 is 0 Å². The SMILES string of the molecule is COc1cc(CSC(=N)N)c(OC)cc1Br. The van der Waals surface area contributed by atoms with E-state index in [4.69, 9.17) is 20.6 Å². The number of ether oxygens (including phenoxy) is 2. The topological polar surface area (TPSA) is 68.3 Å². The number of methoxy groups -OCH3 is 2. The number of amidine groups is 1. The molecule has 0 radical (unpaired) electrons. The second-order valence-electron chi connectivity index (χ2n) is 2.95. The maximum atomic E-state index is 7.17. The highest BCUT2D eigenvalue weighted by atomic mass is 79.9. The van der Waals surface area contributed by atoms with Crippen molar-refractivity contribution in [1.29, 1.82) is 5.41 Å². The number of thioether (sulfide) groups is 1. The molecule has 0 aromatic heterocycles. The van der Waals surface area contributed by atoms with Crippen LogP contribution in [0.2, 0.25) is 0 Å². The van der Waals surface area contributed by atoms with Crippen molar-refractivity contribution in [2.75, 3.05) is 14.2 Å². The van der Waals surface area contributed by atoms with Gasteiger partial charge >= 0.3 is 0 Å². The predicted molar refractivity (Wildman–Crippen MR) is 70.5 cm³/mol. The Labute approximate surface area is 107 Å². The van der Waals surface area contributed by atoms with Crippen LogP contribution in [-0.2, 0) is 5.75 Å². The largest absolute Gasteiger partial charge is 0.496 e. The van der Waals surface area contributed by atoms with Crippen molar-refractivity contribution in [3.63, 3.8) is 0 Å². The zero-order valence-electron chi connectivity index (χ0n) is 9.04. The van der Waals surface area contributed by atoms with Gasteiger partial charge in [0.15, 0.2) is 5.17 Å². The summed E-state index contributed by atoms with van der Waals surface area (Å²) in [4.78, 5) is 0. The lowest BCUT2D eigenvalue weighted by molar-refractivity contribution is 0.398. The molecule has 0 spiro atoms. The molecular formula is C10H13BrN2O2S. The van der Waals surface area contributed by atoms with Crippen LogP contribution in [-0.4, -0.2) is 19.4 Å². The van der Waals surface area contributed by atoms with Crippen LogP contribution >= 0.6 is 27.7 Å². The number of nitrogens with two attached hydrogens (primary N) is 1. The van der Waals surface area contributed by atoms with Crippen LogP contribution in [0.4, 0.5) is 0 Å². The monoisotopic (exact) mass is 304 g/mol. The summed E-state index contributed by atoms with van der Waals surface area (Å²) in [7, 11) is 3.21. The summed E-state index contributed by atoms with van der Waals surface area (Å²) in [5.74, 6) is 2.07. The van der Waals surface area contributed by atoms with Gasteiger partial charge in [0.1, 0.15) is 11.5 Å². The fourth-order valence-corrected chi connectivity index (χ4v) is 2.21. The minimum Gasteiger partial charge on any atom is -0.496 e. The maximum absolute atomic E-state index is 7.17. The van der Waals surface area contributed by atoms with Crippen molar-refractivity contribution in [2.24, 2.45) is 5.73 Å². The molecule has 88 valence electrons. The van der Waals surface area contributed by atoms with E-state index in [1.165, 1.54) is 11.8 Å². The third-order valence-electron chi connectivity index (χ3n) is 1.94. The molecule has 16 heavy (non-hydrogen) atoms. The summed E-state index contributed by atoms with van der Waals surface area (Å²) in [6, 6.07) is 3.72. The number of hydrogen-bond acceptors (Lipinski definition) is 4. The third-order valence-corrected chi connectivity index (χ3v) is 3.32. The number of hydrogen-bond donors (Lipinski definition) is 2. The molecule has 1 aromatic carbocycles. The smallest absolute Gasteiger partial charge is 0.151 e. The number of rotatable bonds is 4. The van der Waals surface area contributed by atoms with Gasteiger partial charge in [-0.15, -0.1) is 0 Å². The van der Waals surface area contributed by atoms with E-state index in [1.807, 2.05) is 12.1 Å². The molecular weight excluding hydrogens is 292 g/mol. The minimum absolute atomic E-state index is 0.0870. The molecule has 0 saturated heterocycles. The molecule has 0 fully saturated rings. The van der Waals surface area contributed by atoms with E-state index < -0.39 is 0 Å². The molecule has 0 aliphatic heterocycles. The first-order valence-electron chi connectivity index (χ1n) is 4.45. The summed E-state index contributed by atoms with van der Waals surface area (Å²) < 4.78 is 11.3. The van der Waals surface area contributed by atoms with Gasteiger partial charge in [-0.3, -0.25) is 5.41 Å². The highest BCUT2D eigenvalue weighted by Crippen LogP contribution is 2.34.